The van der Waals surface area contributed by atoms with Gasteiger partial charge in [0.15, 0.2) is 17.2 Å². The van der Waals surface area contributed by atoms with Gasteiger partial charge in [-0.2, -0.15) is 4.98 Å². The second-order valence-electron chi connectivity index (χ2n) is 8.64. The molecule has 4 heterocycles. The van der Waals surface area contributed by atoms with E-state index >= 15 is 0 Å². The molecule has 186 valence electrons. The van der Waals surface area contributed by atoms with E-state index in [1.807, 2.05) is 12.1 Å². The molecule has 1 aliphatic heterocycles. The highest BCUT2D eigenvalue weighted by Gasteiger charge is 2.21. The molecule has 10 heteroatoms. The van der Waals surface area contributed by atoms with E-state index in [0.29, 0.717) is 54.0 Å². The standard InChI is InChI=1S/C26H28N6O4/c1-16(9-22-23(12-27)36-8-7-35-22)13-28-18-4-3-17-10-19(14-29-21(17)11-18)32-25(33)15-30-20-5-6-24(34-2)31-26(20)32/h5-6,9-10,12,14-15,18,28H,1,3-4,7-8,11,13,27H2,2H3/b22-9+,23-12+. The minimum Gasteiger partial charge on any atom is -0.486 e. The van der Waals surface area contributed by atoms with Gasteiger partial charge in [-0.15, -0.1) is 0 Å². The molecule has 1 fully saturated rings. The first-order valence-electron chi connectivity index (χ1n) is 11.8. The first kappa shape index (κ1) is 23.6. The van der Waals surface area contributed by atoms with Crippen LogP contribution in [0.1, 0.15) is 17.7 Å². The number of rotatable bonds is 6. The summed E-state index contributed by atoms with van der Waals surface area (Å²) in [4.78, 5) is 26.1. The molecule has 3 aromatic heterocycles. The van der Waals surface area contributed by atoms with Crippen LogP contribution in [0.25, 0.3) is 16.9 Å². The number of hydrogen-bond acceptors (Lipinski definition) is 9. The van der Waals surface area contributed by atoms with Crippen molar-refractivity contribution in [2.75, 3.05) is 26.9 Å². The zero-order valence-electron chi connectivity index (χ0n) is 20.1. The van der Waals surface area contributed by atoms with Crippen LogP contribution in [0.3, 0.4) is 0 Å². The van der Waals surface area contributed by atoms with Crippen molar-refractivity contribution in [2.24, 2.45) is 5.73 Å². The normalized spacial score (nSPS) is 19.5. The second kappa shape index (κ2) is 10.2. The molecule has 0 bridgehead atoms. The number of pyridine rings is 2. The van der Waals surface area contributed by atoms with Gasteiger partial charge < -0.3 is 25.3 Å². The highest BCUT2D eigenvalue weighted by Crippen LogP contribution is 2.24. The molecule has 10 nitrogen and oxygen atoms in total. The fourth-order valence-corrected chi connectivity index (χ4v) is 4.43. The van der Waals surface area contributed by atoms with Gasteiger partial charge in [-0.1, -0.05) is 6.58 Å². The van der Waals surface area contributed by atoms with E-state index in [4.69, 9.17) is 24.9 Å². The van der Waals surface area contributed by atoms with Gasteiger partial charge in [0.2, 0.25) is 5.88 Å². The molecule has 36 heavy (non-hydrogen) atoms. The van der Waals surface area contributed by atoms with Crippen molar-refractivity contribution in [3.63, 3.8) is 0 Å². The fraction of sp³-hybridized carbons (Fsp3) is 0.308. The molecule has 0 saturated carbocycles. The van der Waals surface area contributed by atoms with Gasteiger partial charge >= 0.3 is 0 Å². The Morgan fingerprint density at radius 2 is 2.11 bits per heavy atom. The van der Waals surface area contributed by atoms with E-state index in [1.165, 1.54) is 24.1 Å². The Bertz CT molecular complexity index is 1430. The summed E-state index contributed by atoms with van der Waals surface area (Å²) in [7, 11) is 1.54. The smallest absolute Gasteiger partial charge is 0.275 e. The first-order valence-corrected chi connectivity index (χ1v) is 11.8. The van der Waals surface area contributed by atoms with Gasteiger partial charge in [-0.05, 0) is 42.2 Å². The third kappa shape index (κ3) is 4.80. The molecule has 0 amide bonds. The number of fused-ring (bicyclic) bond motifs is 2. The number of aryl methyl sites for hydroxylation is 1. The van der Waals surface area contributed by atoms with Crippen molar-refractivity contribution in [1.29, 1.82) is 0 Å². The highest BCUT2D eigenvalue weighted by molar-refractivity contribution is 5.72. The minimum atomic E-state index is -0.270. The first-order chi connectivity index (χ1) is 17.6. The summed E-state index contributed by atoms with van der Waals surface area (Å²) in [5.41, 5.74) is 10.1. The molecule has 5 rings (SSSR count). The van der Waals surface area contributed by atoms with Crippen molar-refractivity contribution in [3.05, 3.63) is 88.2 Å². The lowest BCUT2D eigenvalue weighted by molar-refractivity contribution is 0.0591. The molecule has 1 unspecified atom stereocenters. The Kier molecular flexibility index (Phi) is 6.68. The average Bonchev–Trinajstić information content (AvgIpc) is 2.91. The highest BCUT2D eigenvalue weighted by atomic mass is 16.6. The third-order valence-electron chi connectivity index (χ3n) is 6.24. The Morgan fingerprint density at radius 1 is 1.28 bits per heavy atom. The van der Waals surface area contributed by atoms with E-state index < -0.39 is 0 Å². The predicted octanol–water partition coefficient (Wildman–Crippen LogP) is 1.92. The lowest BCUT2D eigenvalue weighted by atomic mass is 9.91. The second-order valence-corrected chi connectivity index (χ2v) is 8.64. The molecule has 1 saturated heterocycles. The van der Waals surface area contributed by atoms with Crippen molar-refractivity contribution in [1.82, 2.24) is 24.8 Å². The molecule has 0 spiro atoms. The summed E-state index contributed by atoms with van der Waals surface area (Å²) in [5, 5.41) is 3.56. The van der Waals surface area contributed by atoms with Gasteiger partial charge in [0, 0.05) is 37.0 Å². The van der Waals surface area contributed by atoms with E-state index in [9.17, 15) is 4.79 Å². The van der Waals surface area contributed by atoms with Gasteiger partial charge in [0.25, 0.3) is 5.56 Å². The molecule has 3 N–H and O–H groups in total. The number of methoxy groups -OCH3 is 1. The summed E-state index contributed by atoms with van der Waals surface area (Å²) in [6, 6.07) is 5.78. The Balaban J connectivity index is 1.30. The quantitative estimate of drug-likeness (QED) is 0.535. The van der Waals surface area contributed by atoms with Crippen LogP contribution in [-0.4, -0.2) is 52.4 Å². The summed E-state index contributed by atoms with van der Waals surface area (Å²) >= 11 is 0. The zero-order valence-corrected chi connectivity index (χ0v) is 20.1. The van der Waals surface area contributed by atoms with Crippen LogP contribution >= 0.6 is 0 Å². The van der Waals surface area contributed by atoms with Crippen LogP contribution in [0.4, 0.5) is 0 Å². The molecule has 3 aromatic rings. The molecule has 1 atom stereocenters. The maximum Gasteiger partial charge on any atom is 0.275 e. The maximum atomic E-state index is 12.7. The lowest BCUT2D eigenvalue weighted by Gasteiger charge is -2.26. The van der Waals surface area contributed by atoms with Crippen LogP contribution in [0.2, 0.25) is 0 Å². The molecular formula is C26H28N6O4. The average molecular weight is 489 g/mol. The molecule has 1 aliphatic carbocycles. The molecule has 0 aromatic carbocycles. The van der Waals surface area contributed by atoms with Crippen LogP contribution in [0, 0.1) is 0 Å². The van der Waals surface area contributed by atoms with Crippen molar-refractivity contribution < 1.29 is 14.2 Å². The maximum absolute atomic E-state index is 12.7. The van der Waals surface area contributed by atoms with Gasteiger partial charge in [0.05, 0.1) is 25.2 Å². The van der Waals surface area contributed by atoms with Crippen molar-refractivity contribution in [2.45, 2.75) is 25.3 Å². The number of aromatic nitrogens is 4. The number of nitrogens with zero attached hydrogens (tertiary/aromatic N) is 4. The number of nitrogens with one attached hydrogen (secondary N) is 1. The summed E-state index contributed by atoms with van der Waals surface area (Å²) in [5.74, 6) is 1.55. The fourth-order valence-electron chi connectivity index (χ4n) is 4.43. The zero-order chi connectivity index (χ0) is 25.1. The van der Waals surface area contributed by atoms with E-state index in [1.54, 1.807) is 18.3 Å². The van der Waals surface area contributed by atoms with Crippen LogP contribution in [0.15, 0.2) is 71.3 Å². The van der Waals surface area contributed by atoms with Crippen molar-refractivity contribution in [3.8, 4) is 11.6 Å². The van der Waals surface area contributed by atoms with Gasteiger partial charge in [-0.3, -0.25) is 14.3 Å². The van der Waals surface area contributed by atoms with Gasteiger partial charge in [-0.25, -0.2) is 4.98 Å². The summed E-state index contributed by atoms with van der Waals surface area (Å²) < 4.78 is 17.9. The Morgan fingerprint density at radius 3 is 2.92 bits per heavy atom. The van der Waals surface area contributed by atoms with Gasteiger partial charge in [0.1, 0.15) is 18.7 Å². The number of ether oxygens (including phenoxy) is 3. The van der Waals surface area contributed by atoms with E-state index in [2.05, 4.69) is 21.9 Å². The van der Waals surface area contributed by atoms with Crippen LogP contribution < -0.4 is 21.3 Å². The van der Waals surface area contributed by atoms with E-state index in [0.717, 1.165) is 36.1 Å². The number of nitrogens with two attached hydrogens (primary N) is 1. The van der Waals surface area contributed by atoms with Crippen LogP contribution in [-0.2, 0) is 22.3 Å². The largest absolute Gasteiger partial charge is 0.486 e. The lowest BCUT2D eigenvalue weighted by Crippen LogP contribution is -2.36. The van der Waals surface area contributed by atoms with Crippen molar-refractivity contribution >= 4 is 11.2 Å². The van der Waals surface area contributed by atoms with E-state index in [-0.39, 0.29) is 11.6 Å². The monoisotopic (exact) mass is 488 g/mol. The number of hydrogen-bond donors (Lipinski definition) is 2. The Labute approximate surface area is 208 Å². The molecular weight excluding hydrogens is 460 g/mol. The molecule has 0 radical (unpaired) electrons. The SMILES string of the molecule is C=C(/C=C1/OCCO/C1=C/N)CNC1CCc2cc(-n3c(=O)cnc4ccc(OC)nc43)cnc2C1. The topological polar surface area (TPSA) is 126 Å². The summed E-state index contributed by atoms with van der Waals surface area (Å²) in [6.07, 6.45) is 8.83. The molecule has 2 aliphatic rings. The minimum absolute atomic E-state index is 0.259. The third-order valence-corrected chi connectivity index (χ3v) is 6.24. The Hall–Kier alpha value is -4.18. The van der Waals surface area contributed by atoms with Crippen LogP contribution in [0.5, 0.6) is 5.88 Å². The summed E-state index contributed by atoms with van der Waals surface area (Å²) in [6.45, 7) is 5.70. The predicted molar refractivity (Wildman–Crippen MR) is 135 cm³/mol.